The highest BCUT2D eigenvalue weighted by molar-refractivity contribution is 7.90. The quantitative estimate of drug-likeness (QED) is 0.800. The van der Waals surface area contributed by atoms with E-state index in [0.29, 0.717) is 6.42 Å². The molecule has 1 aromatic rings. The minimum absolute atomic E-state index is 0.216. The van der Waals surface area contributed by atoms with Crippen LogP contribution in [0.2, 0.25) is 0 Å². The maximum Gasteiger partial charge on any atom is 0.227 e. The zero-order chi connectivity index (χ0) is 13.6. The lowest BCUT2D eigenvalue weighted by Crippen LogP contribution is -2.33. The molecule has 0 aliphatic rings. The fourth-order valence-electron chi connectivity index (χ4n) is 1.42. The van der Waals surface area contributed by atoms with Crippen molar-refractivity contribution in [1.29, 1.82) is 5.26 Å². The van der Waals surface area contributed by atoms with Gasteiger partial charge in [-0.1, -0.05) is 30.3 Å². The summed E-state index contributed by atoms with van der Waals surface area (Å²) >= 11 is 0. The molecule has 6 heteroatoms. The number of nitrogens with one attached hydrogen (secondary N) is 1. The van der Waals surface area contributed by atoms with Gasteiger partial charge in [-0.3, -0.25) is 0 Å². The fourth-order valence-corrected chi connectivity index (χ4v) is 2.21. The second kappa shape index (κ2) is 6.50. The van der Waals surface area contributed by atoms with E-state index >= 15 is 0 Å². The number of benzene rings is 1. The van der Waals surface area contributed by atoms with Crippen molar-refractivity contribution in [3.8, 4) is 6.07 Å². The first-order valence-corrected chi connectivity index (χ1v) is 7.20. The number of sulfonamides is 1. The van der Waals surface area contributed by atoms with Gasteiger partial charge in [-0.2, -0.15) is 5.26 Å². The van der Waals surface area contributed by atoms with Gasteiger partial charge in [-0.15, -0.1) is 0 Å². The molecular formula is C12H17N3O2S. The van der Waals surface area contributed by atoms with Gasteiger partial charge in [0.15, 0.2) is 5.25 Å². The lowest BCUT2D eigenvalue weighted by molar-refractivity contribution is 0.565. The van der Waals surface area contributed by atoms with Crippen molar-refractivity contribution in [2.24, 2.45) is 5.73 Å². The van der Waals surface area contributed by atoms with Crippen molar-refractivity contribution in [3.05, 3.63) is 35.9 Å². The van der Waals surface area contributed by atoms with E-state index < -0.39 is 15.3 Å². The summed E-state index contributed by atoms with van der Waals surface area (Å²) in [6.07, 6.45) is 0.487. The molecule has 2 unspecified atom stereocenters. The molecule has 3 N–H and O–H groups in total. The van der Waals surface area contributed by atoms with Crippen molar-refractivity contribution in [1.82, 2.24) is 4.72 Å². The van der Waals surface area contributed by atoms with Crippen LogP contribution >= 0.6 is 0 Å². The van der Waals surface area contributed by atoms with Gasteiger partial charge in [0.1, 0.15) is 0 Å². The zero-order valence-corrected chi connectivity index (χ0v) is 11.0. The molecule has 0 amide bonds. The van der Waals surface area contributed by atoms with E-state index in [1.54, 1.807) is 6.07 Å². The van der Waals surface area contributed by atoms with Crippen molar-refractivity contribution < 1.29 is 8.42 Å². The zero-order valence-electron chi connectivity index (χ0n) is 10.2. The number of rotatable bonds is 6. The molecule has 98 valence electrons. The van der Waals surface area contributed by atoms with Gasteiger partial charge >= 0.3 is 0 Å². The molecule has 0 radical (unpaired) electrons. The summed E-state index contributed by atoms with van der Waals surface area (Å²) < 4.78 is 25.4. The first kappa shape index (κ1) is 14.6. The van der Waals surface area contributed by atoms with E-state index in [1.807, 2.05) is 30.3 Å². The van der Waals surface area contributed by atoms with E-state index in [-0.39, 0.29) is 12.6 Å². The maximum absolute atomic E-state index is 11.5. The second-order valence-corrected chi connectivity index (χ2v) is 6.10. The molecule has 0 aliphatic heterocycles. The number of hydrogen-bond donors (Lipinski definition) is 2. The number of nitriles is 1. The first-order valence-electron chi connectivity index (χ1n) is 5.66. The molecule has 18 heavy (non-hydrogen) atoms. The van der Waals surface area contributed by atoms with Gasteiger partial charge in [0.05, 0.1) is 6.07 Å². The highest BCUT2D eigenvalue weighted by Gasteiger charge is 2.19. The largest absolute Gasteiger partial charge is 0.324 e. The average molecular weight is 267 g/mol. The molecule has 0 spiro atoms. The summed E-state index contributed by atoms with van der Waals surface area (Å²) in [4.78, 5) is 0. The van der Waals surface area contributed by atoms with Crippen LogP contribution in [0.3, 0.4) is 0 Å². The van der Waals surface area contributed by atoms with Gasteiger partial charge in [-0.05, 0) is 18.9 Å². The molecule has 0 heterocycles. The van der Waals surface area contributed by atoms with Crippen LogP contribution in [0.5, 0.6) is 0 Å². The van der Waals surface area contributed by atoms with E-state index in [0.717, 1.165) is 5.56 Å². The topological polar surface area (TPSA) is 96.0 Å². The van der Waals surface area contributed by atoms with Crippen LogP contribution in [0.4, 0.5) is 0 Å². The molecule has 0 aliphatic carbocycles. The normalized spacial score (nSPS) is 14.7. The Hall–Kier alpha value is -1.42. The van der Waals surface area contributed by atoms with Gasteiger partial charge < -0.3 is 5.73 Å². The monoisotopic (exact) mass is 267 g/mol. The average Bonchev–Trinajstić information content (AvgIpc) is 2.38. The van der Waals surface area contributed by atoms with E-state index in [1.165, 1.54) is 6.92 Å². The lowest BCUT2D eigenvalue weighted by Gasteiger charge is -2.13. The van der Waals surface area contributed by atoms with Crippen LogP contribution in [0.15, 0.2) is 30.3 Å². The summed E-state index contributed by atoms with van der Waals surface area (Å²) in [7, 11) is -3.55. The molecule has 5 nitrogen and oxygen atoms in total. The smallest absolute Gasteiger partial charge is 0.227 e. The summed E-state index contributed by atoms with van der Waals surface area (Å²) in [5.41, 5.74) is 6.90. The minimum Gasteiger partial charge on any atom is -0.324 e. The van der Waals surface area contributed by atoms with Gasteiger partial charge in [0, 0.05) is 12.6 Å². The van der Waals surface area contributed by atoms with E-state index in [4.69, 9.17) is 11.0 Å². The van der Waals surface area contributed by atoms with Crippen molar-refractivity contribution in [2.75, 3.05) is 6.54 Å². The van der Waals surface area contributed by atoms with Crippen molar-refractivity contribution in [2.45, 2.75) is 24.6 Å². The molecule has 1 rings (SSSR count). The molecule has 2 atom stereocenters. The van der Waals surface area contributed by atoms with Gasteiger partial charge in [0.2, 0.25) is 10.0 Å². The Balaban J connectivity index is 2.46. The Bertz CT molecular complexity index is 508. The SMILES string of the molecule is CC(C#N)S(=O)(=O)NCCC(N)c1ccccc1. The summed E-state index contributed by atoms with van der Waals surface area (Å²) in [5.74, 6) is 0. The van der Waals surface area contributed by atoms with Crippen LogP contribution in [0.1, 0.15) is 24.9 Å². The van der Waals surface area contributed by atoms with Crippen LogP contribution < -0.4 is 10.5 Å². The third-order valence-electron chi connectivity index (χ3n) is 2.63. The van der Waals surface area contributed by atoms with E-state index in [2.05, 4.69) is 4.72 Å². The Morgan fingerprint density at radius 2 is 2.00 bits per heavy atom. The molecular weight excluding hydrogens is 250 g/mol. The van der Waals surface area contributed by atoms with Gasteiger partial charge in [-0.25, -0.2) is 13.1 Å². The number of nitrogens with two attached hydrogens (primary N) is 1. The van der Waals surface area contributed by atoms with Crippen molar-refractivity contribution in [3.63, 3.8) is 0 Å². The van der Waals surface area contributed by atoms with Crippen molar-refractivity contribution >= 4 is 10.0 Å². The standard InChI is InChI=1S/C12H17N3O2S/c1-10(9-13)18(16,17)15-8-7-12(14)11-5-3-2-4-6-11/h2-6,10,12,15H,7-8,14H2,1H3. The minimum atomic E-state index is -3.55. The Labute approximate surface area is 108 Å². The number of nitrogens with zero attached hydrogens (tertiary/aromatic N) is 1. The molecule has 1 aromatic carbocycles. The molecule has 0 saturated carbocycles. The predicted octanol–water partition coefficient (Wildman–Crippen LogP) is 0.908. The maximum atomic E-state index is 11.5. The molecule has 0 bridgehead atoms. The summed E-state index contributed by atoms with van der Waals surface area (Å²) in [6, 6.07) is 10.9. The van der Waals surface area contributed by atoms with Crippen LogP contribution in [-0.2, 0) is 10.0 Å². The lowest BCUT2D eigenvalue weighted by atomic mass is 10.1. The third-order valence-corrected chi connectivity index (χ3v) is 4.28. The third kappa shape index (κ3) is 4.11. The van der Waals surface area contributed by atoms with Crippen LogP contribution in [0, 0.1) is 11.3 Å². The van der Waals surface area contributed by atoms with E-state index in [9.17, 15) is 8.42 Å². The summed E-state index contributed by atoms with van der Waals surface area (Å²) in [6.45, 7) is 1.57. The second-order valence-electron chi connectivity index (χ2n) is 4.02. The highest BCUT2D eigenvalue weighted by atomic mass is 32.2. The highest BCUT2D eigenvalue weighted by Crippen LogP contribution is 2.12. The Morgan fingerprint density at radius 1 is 1.39 bits per heavy atom. The Kier molecular flexibility index (Phi) is 5.28. The fraction of sp³-hybridized carbons (Fsp3) is 0.417. The summed E-state index contributed by atoms with van der Waals surface area (Å²) in [5, 5.41) is 7.51. The first-order chi connectivity index (χ1) is 8.47. The molecule has 0 aromatic heterocycles. The van der Waals surface area contributed by atoms with Crippen LogP contribution in [-0.4, -0.2) is 20.2 Å². The molecule has 0 saturated heterocycles. The number of hydrogen-bond acceptors (Lipinski definition) is 4. The Morgan fingerprint density at radius 3 is 2.56 bits per heavy atom. The predicted molar refractivity (Wildman–Crippen MR) is 70.0 cm³/mol. The molecule has 0 fully saturated rings. The van der Waals surface area contributed by atoms with Gasteiger partial charge in [0.25, 0.3) is 0 Å². The van der Waals surface area contributed by atoms with Crippen LogP contribution in [0.25, 0.3) is 0 Å².